The molecule has 0 bridgehead atoms. The Morgan fingerprint density at radius 2 is 1.92 bits per heavy atom. The summed E-state index contributed by atoms with van der Waals surface area (Å²) in [6.45, 7) is 3.96. The maximum Gasteiger partial charge on any atom is 0.233 e. The Balaban J connectivity index is 1.83. The summed E-state index contributed by atoms with van der Waals surface area (Å²) in [5, 5.41) is 0. The normalized spacial score (nSPS) is 18.3. The van der Waals surface area contributed by atoms with E-state index in [-0.39, 0.29) is 11.9 Å². The van der Waals surface area contributed by atoms with Gasteiger partial charge in [-0.15, -0.1) is 0 Å². The average Bonchev–Trinajstić information content (AvgIpc) is 2.69. The lowest BCUT2D eigenvalue weighted by atomic mass is 9.71. The first-order chi connectivity index (χ1) is 12.5. The Hall–Kier alpha value is -2.27. The molecule has 5 nitrogen and oxygen atoms in total. The highest BCUT2D eigenvalue weighted by Gasteiger charge is 2.44. The Bertz CT molecular complexity index is 711. The third-order valence-electron chi connectivity index (χ3n) is 5.68. The molecule has 1 amide bonds. The highest BCUT2D eigenvalue weighted by atomic mass is 16.2. The zero-order chi connectivity index (χ0) is 18.6. The molecule has 1 atom stereocenters. The minimum Gasteiger partial charge on any atom is -0.342 e. The fourth-order valence-corrected chi connectivity index (χ4v) is 3.80. The molecule has 1 aromatic heterocycles. The number of carbonyl (C=O) groups is 1. The highest BCUT2D eigenvalue weighted by Crippen LogP contribution is 2.37. The van der Waals surface area contributed by atoms with E-state index >= 15 is 0 Å². The van der Waals surface area contributed by atoms with Crippen molar-refractivity contribution in [2.75, 3.05) is 27.2 Å². The maximum absolute atomic E-state index is 13.6. The van der Waals surface area contributed by atoms with Crippen molar-refractivity contribution in [3.05, 3.63) is 60.2 Å². The number of likely N-dealkylation sites (tertiary alicyclic amines) is 1. The number of amides is 1. The van der Waals surface area contributed by atoms with Crippen molar-refractivity contribution >= 4 is 5.91 Å². The van der Waals surface area contributed by atoms with Gasteiger partial charge in [0.1, 0.15) is 0 Å². The van der Waals surface area contributed by atoms with Crippen LogP contribution in [-0.4, -0.2) is 58.9 Å². The van der Waals surface area contributed by atoms with Crippen LogP contribution in [0.25, 0.3) is 0 Å². The van der Waals surface area contributed by atoms with Gasteiger partial charge in [0.05, 0.1) is 11.1 Å². The number of benzene rings is 1. The summed E-state index contributed by atoms with van der Waals surface area (Å²) in [4.78, 5) is 26.3. The SMILES string of the molecule is C[C@H](Cc1cnccn1)N(C)C(=O)C1(c2ccccc2)CCN(C)CC1. The lowest BCUT2D eigenvalue weighted by Crippen LogP contribution is -2.53. The molecule has 26 heavy (non-hydrogen) atoms. The number of hydrogen-bond acceptors (Lipinski definition) is 4. The zero-order valence-electron chi connectivity index (χ0n) is 15.9. The molecule has 1 aromatic carbocycles. The molecule has 0 spiro atoms. The summed E-state index contributed by atoms with van der Waals surface area (Å²) in [6, 6.07) is 10.3. The smallest absolute Gasteiger partial charge is 0.233 e. The van der Waals surface area contributed by atoms with E-state index in [1.165, 1.54) is 0 Å². The largest absolute Gasteiger partial charge is 0.342 e. The molecule has 0 aliphatic carbocycles. The molecule has 0 N–H and O–H groups in total. The van der Waals surface area contributed by atoms with E-state index in [0.717, 1.165) is 37.2 Å². The monoisotopic (exact) mass is 352 g/mol. The molecule has 2 heterocycles. The fraction of sp³-hybridized carbons (Fsp3) is 0.476. The van der Waals surface area contributed by atoms with Crippen LogP contribution in [0.3, 0.4) is 0 Å². The van der Waals surface area contributed by atoms with Gasteiger partial charge < -0.3 is 9.80 Å². The highest BCUT2D eigenvalue weighted by molar-refractivity contribution is 5.88. The van der Waals surface area contributed by atoms with Gasteiger partial charge in [0.2, 0.25) is 5.91 Å². The van der Waals surface area contributed by atoms with Crippen molar-refractivity contribution < 1.29 is 4.79 Å². The van der Waals surface area contributed by atoms with Crippen molar-refractivity contribution in [3.8, 4) is 0 Å². The lowest BCUT2D eigenvalue weighted by molar-refractivity contribution is -0.140. The first-order valence-corrected chi connectivity index (χ1v) is 9.29. The summed E-state index contributed by atoms with van der Waals surface area (Å²) in [7, 11) is 4.05. The molecular formula is C21H28N4O. The van der Waals surface area contributed by atoms with Gasteiger partial charge in [0, 0.05) is 38.1 Å². The first-order valence-electron chi connectivity index (χ1n) is 9.29. The van der Waals surface area contributed by atoms with Gasteiger partial charge in [-0.05, 0) is 45.5 Å². The molecule has 138 valence electrons. The second kappa shape index (κ2) is 7.96. The summed E-state index contributed by atoms with van der Waals surface area (Å²) in [5.74, 6) is 0.216. The van der Waals surface area contributed by atoms with Crippen LogP contribution in [0.15, 0.2) is 48.9 Å². The van der Waals surface area contributed by atoms with E-state index in [1.807, 2.05) is 30.1 Å². The number of rotatable bonds is 5. The van der Waals surface area contributed by atoms with Crippen LogP contribution in [0.4, 0.5) is 0 Å². The summed E-state index contributed by atoms with van der Waals surface area (Å²) < 4.78 is 0. The van der Waals surface area contributed by atoms with Crippen LogP contribution < -0.4 is 0 Å². The van der Waals surface area contributed by atoms with Crippen molar-refractivity contribution in [2.24, 2.45) is 0 Å². The molecule has 2 aromatic rings. The predicted octanol–water partition coefficient (Wildman–Crippen LogP) is 2.53. The quantitative estimate of drug-likeness (QED) is 0.830. The Morgan fingerprint density at radius 1 is 1.23 bits per heavy atom. The van der Waals surface area contributed by atoms with Crippen molar-refractivity contribution in [3.63, 3.8) is 0 Å². The van der Waals surface area contributed by atoms with E-state index in [4.69, 9.17) is 0 Å². The number of aromatic nitrogens is 2. The second-order valence-electron chi connectivity index (χ2n) is 7.42. The number of carbonyl (C=O) groups excluding carboxylic acids is 1. The van der Waals surface area contributed by atoms with Gasteiger partial charge in [-0.2, -0.15) is 0 Å². The Kier molecular flexibility index (Phi) is 5.67. The molecule has 1 fully saturated rings. The molecular weight excluding hydrogens is 324 g/mol. The van der Waals surface area contributed by atoms with E-state index in [0.29, 0.717) is 6.42 Å². The summed E-state index contributed by atoms with van der Waals surface area (Å²) in [5.41, 5.74) is 1.62. The molecule has 3 rings (SSSR count). The van der Waals surface area contributed by atoms with Crippen LogP contribution >= 0.6 is 0 Å². The maximum atomic E-state index is 13.6. The topological polar surface area (TPSA) is 49.3 Å². The molecule has 5 heteroatoms. The van der Waals surface area contributed by atoms with Gasteiger partial charge in [-0.3, -0.25) is 14.8 Å². The van der Waals surface area contributed by atoms with Gasteiger partial charge in [-0.1, -0.05) is 30.3 Å². The van der Waals surface area contributed by atoms with Crippen molar-refractivity contribution in [1.29, 1.82) is 0 Å². The standard InChI is InChI=1S/C21H28N4O/c1-17(15-19-16-22-11-12-23-19)25(3)20(26)21(9-13-24(2)14-10-21)18-7-5-4-6-8-18/h4-8,11-12,16-17H,9-10,13-15H2,1-3H3/t17-/m1/s1. The fourth-order valence-electron chi connectivity index (χ4n) is 3.80. The van der Waals surface area contributed by atoms with E-state index < -0.39 is 5.41 Å². The molecule has 0 radical (unpaired) electrons. The predicted molar refractivity (Wildman–Crippen MR) is 103 cm³/mol. The average molecular weight is 352 g/mol. The lowest BCUT2D eigenvalue weighted by Gasteiger charge is -2.43. The van der Waals surface area contributed by atoms with Gasteiger partial charge in [0.15, 0.2) is 0 Å². The second-order valence-corrected chi connectivity index (χ2v) is 7.42. The third kappa shape index (κ3) is 3.78. The Labute approximate surface area is 156 Å². The van der Waals surface area contributed by atoms with E-state index in [1.54, 1.807) is 18.6 Å². The number of likely N-dealkylation sites (N-methyl/N-ethyl adjacent to an activating group) is 1. The number of hydrogen-bond donors (Lipinski definition) is 0. The molecule has 0 saturated carbocycles. The number of piperidine rings is 1. The van der Waals surface area contributed by atoms with Gasteiger partial charge in [0.25, 0.3) is 0 Å². The molecule has 1 aliphatic heterocycles. The van der Waals surface area contributed by atoms with Crippen molar-refractivity contribution in [1.82, 2.24) is 19.8 Å². The van der Waals surface area contributed by atoms with Crippen LogP contribution in [0.2, 0.25) is 0 Å². The molecule has 1 saturated heterocycles. The number of nitrogens with zero attached hydrogens (tertiary/aromatic N) is 4. The third-order valence-corrected chi connectivity index (χ3v) is 5.68. The van der Waals surface area contributed by atoms with Crippen LogP contribution in [-0.2, 0) is 16.6 Å². The summed E-state index contributed by atoms with van der Waals surface area (Å²) >= 11 is 0. The van der Waals surface area contributed by atoms with Gasteiger partial charge in [-0.25, -0.2) is 0 Å². The molecule has 0 unspecified atom stereocenters. The van der Waals surface area contributed by atoms with Crippen LogP contribution in [0.5, 0.6) is 0 Å². The zero-order valence-corrected chi connectivity index (χ0v) is 15.9. The van der Waals surface area contributed by atoms with E-state index in [2.05, 4.69) is 41.0 Å². The summed E-state index contributed by atoms with van der Waals surface area (Å²) in [6.07, 6.45) is 7.57. The van der Waals surface area contributed by atoms with Crippen LogP contribution in [0, 0.1) is 0 Å². The minimum absolute atomic E-state index is 0.0689. The van der Waals surface area contributed by atoms with Crippen molar-refractivity contribution in [2.45, 2.75) is 37.6 Å². The minimum atomic E-state index is -0.431. The Morgan fingerprint density at radius 3 is 2.54 bits per heavy atom. The molecule has 1 aliphatic rings. The van der Waals surface area contributed by atoms with E-state index in [9.17, 15) is 4.79 Å². The first kappa shape index (κ1) is 18.5. The van der Waals surface area contributed by atoms with Gasteiger partial charge >= 0.3 is 0 Å². The van der Waals surface area contributed by atoms with Crippen LogP contribution in [0.1, 0.15) is 31.0 Å².